The van der Waals surface area contributed by atoms with Gasteiger partial charge >= 0.3 is 0 Å². The first kappa shape index (κ1) is 20.2. The van der Waals surface area contributed by atoms with Crippen LogP contribution in [0, 0.1) is 0 Å². The summed E-state index contributed by atoms with van der Waals surface area (Å²) in [5, 5.41) is 4.18. The molecule has 0 spiro atoms. The Bertz CT molecular complexity index is 997. The minimum atomic E-state index is 0.406. The summed E-state index contributed by atoms with van der Waals surface area (Å²) < 4.78 is 38.1. The second-order valence-electron chi connectivity index (χ2n) is 5.87. The van der Waals surface area contributed by atoms with Crippen LogP contribution in [0.3, 0.4) is 0 Å². The van der Waals surface area contributed by atoms with Crippen LogP contribution in [0.1, 0.15) is 0 Å². The van der Waals surface area contributed by atoms with E-state index in [1.807, 2.05) is 12.1 Å². The van der Waals surface area contributed by atoms with Crippen LogP contribution in [0.4, 0.5) is 0 Å². The molecule has 0 saturated carbocycles. The minimum Gasteiger partial charge on any atom is -0.493 e. The highest BCUT2D eigenvalue weighted by Crippen LogP contribution is 2.51. The van der Waals surface area contributed by atoms with Crippen molar-refractivity contribution in [1.82, 2.24) is 5.16 Å². The molecule has 0 saturated heterocycles. The first-order chi connectivity index (χ1) is 14.1. The zero-order valence-corrected chi connectivity index (χ0v) is 17.2. The first-order valence-corrected chi connectivity index (χ1v) is 8.67. The Morgan fingerprint density at radius 3 is 1.86 bits per heavy atom. The van der Waals surface area contributed by atoms with Crippen LogP contribution in [0.15, 0.2) is 35.1 Å². The van der Waals surface area contributed by atoms with Crippen molar-refractivity contribution in [2.75, 3.05) is 42.7 Å². The molecule has 0 aliphatic rings. The van der Waals surface area contributed by atoms with Crippen molar-refractivity contribution in [2.24, 2.45) is 0 Å². The molecular weight excluding hydrogens is 378 g/mol. The summed E-state index contributed by atoms with van der Waals surface area (Å²) in [6.07, 6.45) is 1.54. The Balaban J connectivity index is 2.23. The van der Waals surface area contributed by atoms with E-state index in [9.17, 15) is 0 Å². The van der Waals surface area contributed by atoms with Crippen molar-refractivity contribution < 1.29 is 32.9 Å². The standard InChI is InChI=1S/C21H23NO7/c1-23-15-8-7-12(9-16(15)24-2)18-14(11-29-22-18)13-10-17(25-3)20(27-5)21(28-6)19(13)26-4/h7-11H,1-6H3. The molecule has 0 amide bonds. The van der Waals surface area contributed by atoms with Crippen LogP contribution in [-0.4, -0.2) is 47.8 Å². The van der Waals surface area contributed by atoms with E-state index in [1.165, 1.54) is 20.5 Å². The molecule has 0 aliphatic carbocycles. The monoisotopic (exact) mass is 401 g/mol. The van der Waals surface area contributed by atoms with Crippen LogP contribution in [0.2, 0.25) is 0 Å². The molecule has 0 aliphatic heterocycles. The molecule has 8 nitrogen and oxygen atoms in total. The average molecular weight is 401 g/mol. The lowest BCUT2D eigenvalue weighted by Gasteiger charge is -2.18. The molecule has 0 fully saturated rings. The second-order valence-corrected chi connectivity index (χ2v) is 5.87. The van der Waals surface area contributed by atoms with Gasteiger partial charge in [-0.15, -0.1) is 0 Å². The summed E-state index contributed by atoms with van der Waals surface area (Å²) in [4.78, 5) is 0. The maximum absolute atomic E-state index is 5.63. The van der Waals surface area contributed by atoms with Gasteiger partial charge < -0.3 is 32.9 Å². The van der Waals surface area contributed by atoms with E-state index in [-0.39, 0.29) is 0 Å². The van der Waals surface area contributed by atoms with Gasteiger partial charge in [0.2, 0.25) is 11.5 Å². The molecule has 1 heterocycles. The summed E-state index contributed by atoms with van der Waals surface area (Å²) in [6.45, 7) is 0. The highest BCUT2D eigenvalue weighted by Gasteiger charge is 2.26. The highest BCUT2D eigenvalue weighted by atomic mass is 16.5. The number of nitrogens with zero attached hydrogens (tertiary/aromatic N) is 1. The Morgan fingerprint density at radius 1 is 0.621 bits per heavy atom. The quantitative estimate of drug-likeness (QED) is 0.559. The molecule has 3 rings (SSSR count). The number of benzene rings is 2. The fraction of sp³-hybridized carbons (Fsp3) is 0.286. The van der Waals surface area contributed by atoms with Gasteiger partial charge in [0.25, 0.3) is 0 Å². The van der Waals surface area contributed by atoms with E-state index in [0.717, 1.165) is 5.56 Å². The van der Waals surface area contributed by atoms with Crippen molar-refractivity contribution in [2.45, 2.75) is 0 Å². The van der Waals surface area contributed by atoms with Gasteiger partial charge in [0, 0.05) is 11.1 Å². The summed E-state index contributed by atoms with van der Waals surface area (Å²) >= 11 is 0. The van der Waals surface area contributed by atoms with Crippen molar-refractivity contribution in [3.63, 3.8) is 0 Å². The Kier molecular flexibility index (Phi) is 6.01. The molecule has 29 heavy (non-hydrogen) atoms. The predicted molar refractivity (Wildman–Crippen MR) is 107 cm³/mol. The van der Waals surface area contributed by atoms with Crippen molar-refractivity contribution >= 4 is 0 Å². The highest BCUT2D eigenvalue weighted by molar-refractivity contribution is 5.87. The number of rotatable bonds is 8. The average Bonchev–Trinajstić information content (AvgIpc) is 3.26. The first-order valence-electron chi connectivity index (χ1n) is 8.67. The minimum absolute atomic E-state index is 0.406. The van der Waals surface area contributed by atoms with Gasteiger partial charge in [0.05, 0.1) is 48.2 Å². The van der Waals surface area contributed by atoms with Crippen molar-refractivity contribution in [3.05, 3.63) is 30.5 Å². The molecule has 0 atom stereocenters. The van der Waals surface area contributed by atoms with E-state index in [4.69, 9.17) is 32.9 Å². The fourth-order valence-corrected chi connectivity index (χ4v) is 3.15. The molecule has 0 N–H and O–H groups in total. The lowest BCUT2D eigenvalue weighted by molar-refractivity contribution is 0.306. The maximum atomic E-state index is 5.63. The summed E-state index contributed by atoms with van der Waals surface area (Å²) in [5.41, 5.74) is 2.74. The molecule has 154 valence electrons. The molecule has 2 aromatic carbocycles. The van der Waals surface area contributed by atoms with Gasteiger partial charge in [-0.25, -0.2) is 0 Å². The summed E-state index contributed by atoms with van der Waals surface area (Å²) in [5.74, 6) is 2.99. The smallest absolute Gasteiger partial charge is 0.207 e. The zero-order valence-electron chi connectivity index (χ0n) is 17.2. The zero-order chi connectivity index (χ0) is 21.0. The molecule has 1 aromatic heterocycles. The molecule has 0 radical (unpaired) electrons. The summed E-state index contributed by atoms with van der Waals surface area (Å²) in [6, 6.07) is 7.29. The fourth-order valence-electron chi connectivity index (χ4n) is 3.15. The summed E-state index contributed by atoms with van der Waals surface area (Å²) in [7, 11) is 9.33. The largest absolute Gasteiger partial charge is 0.493 e. The molecule has 3 aromatic rings. The van der Waals surface area contributed by atoms with Crippen LogP contribution in [0.5, 0.6) is 34.5 Å². The third-order valence-electron chi connectivity index (χ3n) is 4.51. The van der Waals surface area contributed by atoms with Crippen LogP contribution in [0.25, 0.3) is 22.4 Å². The van der Waals surface area contributed by atoms with E-state index in [2.05, 4.69) is 5.16 Å². The lowest BCUT2D eigenvalue weighted by atomic mass is 9.99. The topological polar surface area (TPSA) is 81.4 Å². The van der Waals surface area contributed by atoms with Crippen LogP contribution >= 0.6 is 0 Å². The molecule has 8 heteroatoms. The maximum Gasteiger partial charge on any atom is 0.207 e. The second kappa shape index (κ2) is 8.64. The van der Waals surface area contributed by atoms with E-state index >= 15 is 0 Å². The molecule has 0 unspecified atom stereocenters. The molecule has 0 bridgehead atoms. The lowest BCUT2D eigenvalue weighted by Crippen LogP contribution is -2.00. The predicted octanol–water partition coefficient (Wildman–Crippen LogP) is 4.06. The van der Waals surface area contributed by atoms with Gasteiger partial charge in [-0.3, -0.25) is 0 Å². The van der Waals surface area contributed by atoms with Crippen LogP contribution in [-0.2, 0) is 0 Å². The number of hydrogen-bond acceptors (Lipinski definition) is 8. The van der Waals surface area contributed by atoms with Gasteiger partial charge in [0.15, 0.2) is 23.0 Å². The Labute approximate surface area is 168 Å². The van der Waals surface area contributed by atoms with E-state index in [1.54, 1.807) is 40.6 Å². The number of aromatic nitrogens is 1. The van der Waals surface area contributed by atoms with Gasteiger partial charge in [-0.05, 0) is 24.3 Å². The van der Waals surface area contributed by atoms with E-state index in [0.29, 0.717) is 51.3 Å². The third-order valence-corrected chi connectivity index (χ3v) is 4.51. The van der Waals surface area contributed by atoms with Gasteiger partial charge in [-0.1, -0.05) is 5.16 Å². The van der Waals surface area contributed by atoms with Gasteiger partial charge in [0.1, 0.15) is 12.0 Å². The van der Waals surface area contributed by atoms with Crippen LogP contribution < -0.4 is 28.4 Å². The van der Waals surface area contributed by atoms with Crippen molar-refractivity contribution in [3.8, 4) is 56.9 Å². The Morgan fingerprint density at radius 2 is 1.28 bits per heavy atom. The van der Waals surface area contributed by atoms with E-state index < -0.39 is 0 Å². The SMILES string of the molecule is COc1ccc(-c2nocc2-c2cc(OC)c(OC)c(OC)c2OC)cc1OC. The number of hydrogen-bond donors (Lipinski definition) is 0. The number of methoxy groups -OCH3 is 6. The van der Waals surface area contributed by atoms with Crippen molar-refractivity contribution in [1.29, 1.82) is 0 Å². The third kappa shape index (κ3) is 3.49. The number of ether oxygens (including phenoxy) is 6. The molecular formula is C21H23NO7. The van der Waals surface area contributed by atoms with Gasteiger partial charge in [-0.2, -0.15) is 0 Å². The Hall–Kier alpha value is -3.55. The normalized spacial score (nSPS) is 10.4.